The number of carbonyl (C=O) groups excluding carboxylic acids is 1. The molecule has 0 aromatic carbocycles. The first kappa shape index (κ1) is 14.9. The molecule has 7 heteroatoms. The van der Waals surface area contributed by atoms with Crippen molar-refractivity contribution in [3.8, 4) is 0 Å². The standard InChI is InChI=1S/C13H19N3O3S/c1-20(18,19)15-8-11-4-3-7-16(10-11)13(17)12-5-2-6-14-9-12/h2,5-6,9,11,15H,3-4,7-8,10H2,1H3/t11-/m0/s1. The summed E-state index contributed by atoms with van der Waals surface area (Å²) in [5.41, 5.74) is 0.573. The number of carbonyl (C=O) groups is 1. The Morgan fingerprint density at radius 3 is 3.00 bits per heavy atom. The van der Waals surface area contributed by atoms with Crippen LogP contribution in [-0.2, 0) is 10.0 Å². The van der Waals surface area contributed by atoms with Gasteiger partial charge in [0, 0.05) is 32.0 Å². The van der Waals surface area contributed by atoms with Gasteiger partial charge in [0.15, 0.2) is 0 Å². The molecule has 0 unspecified atom stereocenters. The van der Waals surface area contributed by atoms with Gasteiger partial charge in [-0.1, -0.05) is 0 Å². The Balaban J connectivity index is 1.95. The third-order valence-corrected chi connectivity index (χ3v) is 4.04. The molecule has 20 heavy (non-hydrogen) atoms. The molecule has 6 nitrogen and oxygen atoms in total. The van der Waals surface area contributed by atoms with Crippen LogP contribution >= 0.6 is 0 Å². The molecule has 1 aliphatic rings. The van der Waals surface area contributed by atoms with Gasteiger partial charge in [0.05, 0.1) is 11.8 Å². The number of likely N-dealkylation sites (tertiary alicyclic amines) is 1. The first-order valence-electron chi connectivity index (χ1n) is 6.59. The molecule has 1 fully saturated rings. The lowest BCUT2D eigenvalue weighted by molar-refractivity contribution is 0.0676. The molecule has 0 saturated carbocycles. The van der Waals surface area contributed by atoms with E-state index in [-0.39, 0.29) is 11.8 Å². The van der Waals surface area contributed by atoms with Crippen LogP contribution in [0.5, 0.6) is 0 Å². The van der Waals surface area contributed by atoms with E-state index in [0.717, 1.165) is 19.1 Å². The Morgan fingerprint density at radius 1 is 1.55 bits per heavy atom. The van der Waals surface area contributed by atoms with E-state index in [1.807, 2.05) is 0 Å². The summed E-state index contributed by atoms with van der Waals surface area (Å²) in [4.78, 5) is 18.0. The highest BCUT2D eigenvalue weighted by Crippen LogP contribution is 2.18. The fourth-order valence-corrected chi connectivity index (χ4v) is 2.90. The second kappa shape index (κ2) is 6.32. The number of sulfonamides is 1. The number of hydrogen-bond acceptors (Lipinski definition) is 4. The minimum absolute atomic E-state index is 0.0397. The third-order valence-electron chi connectivity index (χ3n) is 3.35. The average molecular weight is 297 g/mol. The van der Waals surface area contributed by atoms with Crippen LogP contribution in [0, 0.1) is 5.92 Å². The summed E-state index contributed by atoms with van der Waals surface area (Å²) in [6.07, 6.45) is 6.16. The van der Waals surface area contributed by atoms with E-state index in [9.17, 15) is 13.2 Å². The van der Waals surface area contributed by atoms with Crippen molar-refractivity contribution in [2.24, 2.45) is 5.92 Å². The summed E-state index contributed by atoms with van der Waals surface area (Å²) in [7, 11) is -3.18. The van der Waals surface area contributed by atoms with Gasteiger partial charge in [-0.15, -0.1) is 0 Å². The molecule has 1 aromatic rings. The maximum atomic E-state index is 12.3. The maximum absolute atomic E-state index is 12.3. The smallest absolute Gasteiger partial charge is 0.255 e. The Kier molecular flexibility index (Phi) is 4.72. The molecule has 1 aromatic heterocycles. The fraction of sp³-hybridized carbons (Fsp3) is 0.538. The highest BCUT2D eigenvalue weighted by Gasteiger charge is 2.25. The van der Waals surface area contributed by atoms with Crippen LogP contribution in [0.25, 0.3) is 0 Å². The van der Waals surface area contributed by atoms with Crippen molar-refractivity contribution >= 4 is 15.9 Å². The van der Waals surface area contributed by atoms with Crippen LogP contribution in [-0.4, -0.2) is 50.1 Å². The summed E-state index contributed by atoms with van der Waals surface area (Å²) < 4.78 is 24.7. The fourth-order valence-electron chi connectivity index (χ4n) is 2.36. The molecule has 1 amide bonds. The molecular weight excluding hydrogens is 278 g/mol. The van der Waals surface area contributed by atoms with E-state index in [1.165, 1.54) is 0 Å². The first-order chi connectivity index (χ1) is 9.46. The van der Waals surface area contributed by atoms with E-state index in [0.29, 0.717) is 25.2 Å². The average Bonchev–Trinajstić information content (AvgIpc) is 2.45. The molecule has 1 N–H and O–H groups in total. The summed E-state index contributed by atoms with van der Waals surface area (Å²) in [5.74, 6) is 0.126. The van der Waals surface area contributed by atoms with Crippen LogP contribution in [0.15, 0.2) is 24.5 Å². The zero-order valence-electron chi connectivity index (χ0n) is 11.4. The third kappa shape index (κ3) is 4.28. The normalized spacial score (nSPS) is 19.9. The zero-order valence-corrected chi connectivity index (χ0v) is 12.3. The van der Waals surface area contributed by atoms with Crippen LogP contribution in [0.1, 0.15) is 23.2 Å². The maximum Gasteiger partial charge on any atom is 0.255 e. The van der Waals surface area contributed by atoms with Crippen molar-refractivity contribution < 1.29 is 13.2 Å². The lowest BCUT2D eigenvalue weighted by atomic mass is 9.98. The summed E-state index contributed by atoms with van der Waals surface area (Å²) in [6, 6.07) is 3.48. The largest absolute Gasteiger partial charge is 0.338 e. The van der Waals surface area contributed by atoms with Gasteiger partial charge in [0.2, 0.25) is 10.0 Å². The van der Waals surface area contributed by atoms with Crippen molar-refractivity contribution in [2.75, 3.05) is 25.9 Å². The number of pyridine rings is 1. The number of nitrogens with one attached hydrogen (secondary N) is 1. The highest BCUT2D eigenvalue weighted by atomic mass is 32.2. The second-order valence-corrected chi connectivity index (χ2v) is 6.95. The van der Waals surface area contributed by atoms with E-state index in [4.69, 9.17) is 0 Å². The van der Waals surface area contributed by atoms with Gasteiger partial charge >= 0.3 is 0 Å². The van der Waals surface area contributed by atoms with E-state index >= 15 is 0 Å². The Bertz CT molecular complexity index is 559. The number of nitrogens with zero attached hydrogens (tertiary/aromatic N) is 2. The molecular formula is C13H19N3O3S. The monoisotopic (exact) mass is 297 g/mol. The Morgan fingerprint density at radius 2 is 2.35 bits per heavy atom. The minimum Gasteiger partial charge on any atom is -0.338 e. The number of rotatable bonds is 4. The van der Waals surface area contributed by atoms with Gasteiger partial charge in [-0.3, -0.25) is 9.78 Å². The van der Waals surface area contributed by atoms with Gasteiger partial charge in [0.25, 0.3) is 5.91 Å². The molecule has 0 radical (unpaired) electrons. The summed E-state index contributed by atoms with van der Waals surface area (Å²) >= 11 is 0. The quantitative estimate of drug-likeness (QED) is 0.877. The molecule has 0 aliphatic carbocycles. The van der Waals surface area contributed by atoms with Crippen molar-refractivity contribution in [3.05, 3.63) is 30.1 Å². The van der Waals surface area contributed by atoms with Crippen LogP contribution in [0.3, 0.4) is 0 Å². The number of hydrogen-bond donors (Lipinski definition) is 1. The summed E-state index contributed by atoms with van der Waals surface area (Å²) in [6.45, 7) is 1.68. The Labute approximate surface area is 119 Å². The molecule has 2 rings (SSSR count). The van der Waals surface area contributed by atoms with E-state index < -0.39 is 10.0 Å². The number of aromatic nitrogens is 1. The van der Waals surface area contributed by atoms with Gasteiger partial charge in [-0.2, -0.15) is 0 Å². The lowest BCUT2D eigenvalue weighted by Gasteiger charge is -2.32. The predicted molar refractivity (Wildman–Crippen MR) is 75.7 cm³/mol. The molecule has 1 atom stereocenters. The van der Waals surface area contributed by atoms with E-state index in [1.54, 1.807) is 29.4 Å². The molecule has 0 bridgehead atoms. The summed E-state index contributed by atoms with van der Waals surface area (Å²) in [5, 5.41) is 0. The van der Waals surface area contributed by atoms with Crippen molar-refractivity contribution in [3.63, 3.8) is 0 Å². The molecule has 1 saturated heterocycles. The zero-order chi connectivity index (χ0) is 14.6. The minimum atomic E-state index is -3.18. The molecule has 0 spiro atoms. The van der Waals surface area contributed by atoms with Crippen LogP contribution in [0.2, 0.25) is 0 Å². The van der Waals surface area contributed by atoms with Gasteiger partial charge in [-0.05, 0) is 30.9 Å². The first-order valence-corrected chi connectivity index (χ1v) is 8.49. The highest BCUT2D eigenvalue weighted by molar-refractivity contribution is 7.88. The number of amides is 1. The van der Waals surface area contributed by atoms with Gasteiger partial charge < -0.3 is 4.90 Å². The topological polar surface area (TPSA) is 79.4 Å². The van der Waals surface area contributed by atoms with Crippen LogP contribution < -0.4 is 4.72 Å². The van der Waals surface area contributed by atoms with E-state index in [2.05, 4.69) is 9.71 Å². The molecule has 2 heterocycles. The Hall–Kier alpha value is -1.47. The second-order valence-electron chi connectivity index (χ2n) is 5.12. The lowest BCUT2D eigenvalue weighted by Crippen LogP contribution is -2.43. The molecule has 1 aliphatic heterocycles. The SMILES string of the molecule is CS(=O)(=O)NC[C@@H]1CCCN(C(=O)c2cccnc2)C1. The van der Waals surface area contributed by atoms with Crippen molar-refractivity contribution in [1.82, 2.24) is 14.6 Å². The van der Waals surface area contributed by atoms with Gasteiger partial charge in [-0.25, -0.2) is 13.1 Å². The van der Waals surface area contributed by atoms with Gasteiger partial charge in [0.1, 0.15) is 0 Å². The van der Waals surface area contributed by atoms with Crippen molar-refractivity contribution in [2.45, 2.75) is 12.8 Å². The number of piperidine rings is 1. The van der Waals surface area contributed by atoms with Crippen molar-refractivity contribution in [1.29, 1.82) is 0 Å². The van der Waals surface area contributed by atoms with Crippen LogP contribution in [0.4, 0.5) is 0 Å². The predicted octanol–water partition coefficient (Wildman–Crippen LogP) is 0.483. The molecule has 110 valence electrons.